The number of carbonyl (C=O) groups excluding carboxylic acids is 2. The first kappa shape index (κ1) is 16.6. The molecular formula is C17H14Cl2N2O3. The van der Waals surface area contributed by atoms with E-state index in [1.54, 1.807) is 13.2 Å². The molecule has 1 heterocycles. The van der Waals surface area contributed by atoms with Crippen LogP contribution in [-0.4, -0.2) is 25.1 Å². The Labute approximate surface area is 149 Å². The summed E-state index contributed by atoms with van der Waals surface area (Å²) < 4.78 is 5.10. The van der Waals surface area contributed by atoms with Crippen molar-refractivity contribution >= 4 is 40.8 Å². The van der Waals surface area contributed by atoms with Crippen molar-refractivity contribution < 1.29 is 14.3 Å². The number of imide groups is 1. The fourth-order valence-electron chi connectivity index (χ4n) is 2.58. The van der Waals surface area contributed by atoms with Gasteiger partial charge in [-0.25, -0.2) is 9.69 Å². The minimum Gasteiger partial charge on any atom is -0.497 e. The summed E-state index contributed by atoms with van der Waals surface area (Å²) in [6.07, 6.45) is 0.388. The largest absolute Gasteiger partial charge is 0.497 e. The predicted octanol–water partition coefficient (Wildman–Crippen LogP) is 3.67. The van der Waals surface area contributed by atoms with Crippen LogP contribution in [0.5, 0.6) is 5.75 Å². The average molecular weight is 365 g/mol. The van der Waals surface area contributed by atoms with Crippen LogP contribution in [0.4, 0.5) is 10.5 Å². The highest BCUT2D eigenvalue weighted by Gasteiger charge is 2.39. The highest BCUT2D eigenvalue weighted by atomic mass is 35.5. The molecule has 0 bridgehead atoms. The molecule has 2 aromatic rings. The predicted molar refractivity (Wildman–Crippen MR) is 93.0 cm³/mol. The summed E-state index contributed by atoms with van der Waals surface area (Å²) in [5.41, 5.74) is 1.27. The van der Waals surface area contributed by atoms with Gasteiger partial charge in [-0.05, 0) is 35.9 Å². The summed E-state index contributed by atoms with van der Waals surface area (Å²) in [6, 6.07) is 10.8. The average Bonchev–Trinajstić information content (AvgIpc) is 2.81. The fourth-order valence-corrected chi connectivity index (χ4v) is 3.09. The topological polar surface area (TPSA) is 58.6 Å². The first-order chi connectivity index (χ1) is 11.5. The zero-order valence-electron chi connectivity index (χ0n) is 12.8. The van der Waals surface area contributed by atoms with Crippen molar-refractivity contribution in [3.05, 3.63) is 58.1 Å². The zero-order chi connectivity index (χ0) is 17.3. The van der Waals surface area contributed by atoms with Gasteiger partial charge in [0.25, 0.3) is 5.91 Å². The summed E-state index contributed by atoms with van der Waals surface area (Å²) >= 11 is 11.9. The monoisotopic (exact) mass is 364 g/mol. The zero-order valence-corrected chi connectivity index (χ0v) is 14.3. The highest BCUT2D eigenvalue weighted by molar-refractivity contribution is 6.35. The second kappa shape index (κ2) is 6.71. The molecule has 0 radical (unpaired) electrons. The van der Waals surface area contributed by atoms with E-state index in [9.17, 15) is 9.59 Å². The lowest BCUT2D eigenvalue weighted by atomic mass is 10.1. The van der Waals surface area contributed by atoms with E-state index in [1.165, 1.54) is 12.1 Å². The minimum atomic E-state index is -0.636. The Bertz CT molecular complexity index is 773. The number of urea groups is 1. The van der Waals surface area contributed by atoms with Crippen molar-refractivity contribution in [1.29, 1.82) is 0 Å². The van der Waals surface area contributed by atoms with E-state index in [0.717, 1.165) is 16.2 Å². The third-order valence-electron chi connectivity index (χ3n) is 3.72. The molecule has 7 heteroatoms. The van der Waals surface area contributed by atoms with E-state index in [4.69, 9.17) is 27.9 Å². The summed E-state index contributed by atoms with van der Waals surface area (Å²) in [7, 11) is 1.59. The van der Waals surface area contributed by atoms with Crippen LogP contribution < -0.4 is 15.0 Å². The Kier molecular flexibility index (Phi) is 4.64. The summed E-state index contributed by atoms with van der Waals surface area (Å²) in [5.74, 6) is 0.393. The van der Waals surface area contributed by atoms with E-state index >= 15 is 0 Å². The van der Waals surface area contributed by atoms with Crippen LogP contribution in [0.2, 0.25) is 10.0 Å². The van der Waals surface area contributed by atoms with Gasteiger partial charge in [-0.3, -0.25) is 4.79 Å². The van der Waals surface area contributed by atoms with Crippen LogP contribution in [0.3, 0.4) is 0 Å². The van der Waals surface area contributed by atoms with E-state index < -0.39 is 12.1 Å². The van der Waals surface area contributed by atoms with E-state index in [0.29, 0.717) is 22.2 Å². The normalized spacial score (nSPS) is 17.1. The Morgan fingerprint density at radius 1 is 1.08 bits per heavy atom. The minimum absolute atomic E-state index is 0.339. The van der Waals surface area contributed by atoms with Crippen LogP contribution in [0, 0.1) is 0 Å². The van der Waals surface area contributed by atoms with Gasteiger partial charge in [0.15, 0.2) is 0 Å². The maximum absolute atomic E-state index is 12.6. The summed E-state index contributed by atoms with van der Waals surface area (Å²) in [4.78, 5) is 25.9. The molecule has 0 saturated carbocycles. The molecule has 2 aromatic carbocycles. The number of nitrogens with zero attached hydrogens (tertiary/aromatic N) is 1. The molecule has 1 aliphatic heterocycles. The molecule has 1 saturated heterocycles. The molecule has 1 atom stereocenters. The molecule has 3 amide bonds. The van der Waals surface area contributed by atoms with Gasteiger partial charge in [0, 0.05) is 16.5 Å². The molecule has 124 valence electrons. The van der Waals surface area contributed by atoms with Crippen LogP contribution in [0.1, 0.15) is 5.56 Å². The number of anilines is 1. The quantitative estimate of drug-likeness (QED) is 0.842. The molecule has 5 nitrogen and oxygen atoms in total. The van der Waals surface area contributed by atoms with Gasteiger partial charge in [0.05, 0.1) is 12.8 Å². The van der Waals surface area contributed by atoms with Crippen molar-refractivity contribution in [2.24, 2.45) is 0 Å². The third-order valence-corrected chi connectivity index (χ3v) is 4.16. The SMILES string of the molecule is COc1ccc(CC2NC(=O)N(c3cc(Cl)cc(Cl)c3)C2=O)cc1. The van der Waals surface area contributed by atoms with Crippen molar-refractivity contribution in [3.8, 4) is 5.75 Å². The number of nitrogens with one attached hydrogen (secondary N) is 1. The standard InChI is InChI=1S/C17H14Cl2N2O3/c1-24-14-4-2-10(3-5-14)6-15-16(22)21(17(23)20-15)13-8-11(18)7-12(19)9-13/h2-5,7-9,15H,6H2,1H3,(H,20,23). The Balaban J connectivity index is 1.80. The molecule has 1 aliphatic rings. The van der Waals surface area contributed by atoms with Crippen molar-refractivity contribution in [1.82, 2.24) is 5.32 Å². The second-order valence-electron chi connectivity index (χ2n) is 5.36. The Hall–Kier alpha value is -2.24. The van der Waals surface area contributed by atoms with E-state index in [2.05, 4.69) is 5.32 Å². The fraction of sp³-hybridized carbons (Fsp3) is 0.176. The van der Waals surface area contributed by atoms with Crippen LogP contribution in [-0.2, 0) is 11.2 Å². The maximum atomic E-state index is 12.6. The number of carbonyl (C=O) groups is 2. The maximum Gasteiger partial charge on any atom is 0.329 e. The van der Waals surface area contributed by atoms with Gasteiger partial charge < -0.3 is 10.1 Å². The molecule has 0 spiro atoms. The number of rotatable bonds is 4. The number of methoxy groups -OCH3 is 1. The van der Waals surface area contributed by atoms with Gasteiger partial charge in [-0.1, -0.05) is 35.3 Å². The molecule has 0 aromatic heterocycles. The first-order valence-electron chi connectivity index (χ1n) is 7.21. The molecule has 3 rings (SSSR count). The Morgan fingerprint density at radius 2 is 1.71 bits per heavy atom. The van der Waals surface area contributed by atoms with Crippen LogP contribution >= 0.6 is 23.2 Å². The number of amides is 3. The van der Waals surface area contributed by atoms with Gasteiger partial charge in [0.1, 0.15) is 11.8 Å². The first-order valence-corrected chi connectivity index (χ1v) is 7.97. The lowest BCUT2D eigenvalue weighted by Crippen LogP contribution is -2.32. The van der Waals surface area contributed by atoms with Gasteiger partial charge in [0.2, 0.25) is 0 Å². The third kappa shape index (κ3) is 3.32. The van der Waals surface area contributed by atoms with E-state index in [-0.39, 0.29) is 5.91 Å². The molecule has 1 fully saturated rings. The smallest absolute Gasteiger partial charge is 0.329 e. The number of benzene rings is 2. The summed E-state index contributed by atoms with van der Waals surface area (Å²) in [5, 5.41) is 3.40. The lowest BCUT2D eigenvalue weighted by molar-refractivity contribution is -0.118. The van der Waals surface area contributed by atoms with Gasteiger partial charge in [-0.2, -0.15) is 0 Å². The van der Waals surface area contributed by atoms with Crippen molar-refractivity contribution in [2.45, 2.75) is 12.5 Å². The molecule has 1 N–H and O–H groups in total. The highest BCUT2D eigenvalue weighted by Crippen LogP contribution is 2.28. The van der Waals surface area contributed by atoms with Gasteiger partial charge >= 0.3 is 6.03 Å². The Morgan fingerprint density at radius 3 is 2.29 bits per heavy atom. The second-order valence-corrected chi connectivity index (χ2v) is 6.23. The summed E-state index contributed by atoms with van der Waals surface area (Å²) in [6.45, 7) is 0. The van der Waals surface area contributed by atoms with Crippen LogP contribution in [0.25, 0.3) is 0 Å². The number of hydrogen-bond donors (Lipinski definition) is 1. The number of ether oxygens (including phenoxy) is 1. The van der Waals surface area contributed by atoms with E-state index in [1.807, 2.05) is 24.3 Å². The van der Waals surface area contributed by atoms with Crippen molar-refractivity contribution in [3.63, 3.8) is 0 Å². The van der Waals surface area contributed by atoms with Crippen LogP contribution in [0.15, 0.2) is 42.5 Å². The molecule has 24 heavy (non-hydrogen) atoms. The molecule has 0 aliphatic carbocycles. The lowest BCUT2D eigenvalue weighted by Gasteiger charge is -2.14. The number of halogens is 2. The number of hydrogen-bond acceptors (Lipinski definition) is 3. The van der Waals surface area contributed by atoms with Crippen molar-refractivity contribution in [2.75, 3.05) is 12.0 Å². The van der Waals surface area contributed by atoms with Gasteiger partial charge in [-0.15, -0.1) is 0 Å². The molecule has 1 unspecified atom stereocenters. The molecular weight excluding hydrogens is 351 g/mol.